The Morgan fingerprint density at radius 3 is 2.83 bits per heavy atom. The molecule has 0 aromatic heterocycles. The van der Waals surface area contributed by atoms with Crippen molar-refractivity contribution in [3.8, 4) is 5.75 Å². The highest BCUT2D eigenvalue weighted by Gasteiger charge is 2.19. The van der Waals surface area contributed by atoms with Gasteiger partial charge in [0, 0.05) is 0 Å². The number of ether oxygens (including phenoxy) is 2. The van der Waals surface area contributed by atoms with Crippen molar-refractivity contribution < 1.29 is 14.3 Å². The van der Waals surface area contributed by atoms with Crippen molar-refractivity contribution in [3.63, 3.8) is 0 Å². The first kappa shape index (κ1) is 12.9. The largest absolute Gasteiger partial charge is 0.493 e. The van der Waals surface area contributed by atoms with Crippen LogP contribution in [0.3, 0.4) is 0 Å². The lowest BCUT2D eigenvalue weighted by molar-refractivity contribution is -0.125. The molecule has 0 bridgehead atoms. The maximum Gasteiger partial charge on any atom is 0.223 e. The molecule has 1 fully saturated rings. The zero-order chi connectivity index (χ0) is 13.0. The van der Waals surface area contributed by atoms with Gasteiger partial charge in [-0.05, 0) is 25.5 Å². The van der Waals surface area contributed by atoms with Crippen molar-refractivity contribution in [3.05, 3.63) is 29.3 Å². The third-order valence-electron chi connectivity index (χ3n) is 2.92. The van der Waals surface area contributed by atoms with Gasteiger partial charge >= 0.3 is 0 Å². The Hall–Kier alpha value is -1.55. The second-order valence-corrected chi connectivity index (χ2v) is 4.67. The fourth-order valence-corrected chi connectivity index (χ4v) is 1.83. The zero-order valence-electron chi connectivity index (χ0n) is 10.9. The molecule has 0 atom stereocenters. The second-order valence-electron chi connectivity index (χ2n) is 4.67. The van der Waals surface area contributed by atoms with Gasteiger partial charge in [-0.3, -0.25) is 4.79 Å². The first-order chi connectivity index (χ1) is 8.65. The Morgan fingerprint density at radius 1 is 1.44 bits per heavy atom. The van der Waals surface area contributed by atoms with Crippen LogP contribution in [0.4, 0.5) is 0 Å². The number of nitrogens with one attached hydrogen (secondary N) is 1. The van der Waals surface area contributed by atoms with Crippen molar-refractivity contribution in [1.29, 1.82) is 0 Å². The van der Waals surface area contributed by atoms with Gasteiger partial charge in [0.2, 0.25) is 5.91 Å². The number of benzene rings is 1. The molecule has 1 aliphatic rings. The van der Waals surface area contributed by atoms with E-state index in [-0.39, 0.29) is 11.9 Å². The van der Waals surface area contributed by atoms with Crippen LogP contribution < -0.4 is 10.1 Å². The van der Waals surface area contributed by atoms with Gasteiger partial charge in [-0.25, -0.2) is 0 Å². The van der Waals surface area contributed by atoms with Gasteiger partial charge in [0.15, 0.2) is 0 Å². The fraction of sp³-hybridized carbons (Fsp3) is 0.500. The van der Waals surface area contributed by atoms with Crippen LogP contribution in [0.2, 0.25) is 0 Å². The lowest BCUT2D eigenvalue weighted by Gasteiger charge is -2.26. The third-order valence-corrected chi connectivity index (χ3v) is 2.92. The van der Waals surface area contributed by atoms with Crippen LogP contribution in [0.1, 0.15) is 17.5 Å². The van der Waals surface area contributed by atoms with Gasteiger partial charge in [0.1, 0.15) is 5.75 Å². The van der Waals surface area contributed by atoms with E-state index < -0.39 is 0 Å². The molecular weight excluding hydrogens is 230 g/mol. The average Bonchev–Trinajstić information content (AvgIpc) is 2.27. The number of carbonyl (C=O) groups excluding carboxylic acids is 1. The number of carbonyl (C=O) groups is 1. The van der Waals surface area contributed by atoms with Crippen LogP contribution in [0, 0.1) is 13.8 Å². The van der Waals surface area contributed by atoms with Gasteiger partial charge in [-0.15, -0.1) is 0 Å². The van der Waals surface area contributed by atoms with Gasteiger partial charge in [-0.1, -0.05) is 17.7 Å². The van der Waals surface area contributed by atoms with Crippen LogP contribution in [-0.4, -0.2) is 31.8 Å². The molecule has 98 valence electrons. The highest BCUT2D eigenvalue weighted by molar-refractivity contribution is 5.76. The Bertz CT molecular complexity index is 427. The molecule has 1 heterocycles. The van der Waals surface area contributed by atoms with E-state index in [4.69, 9.17) is 9.47 Å². The molecule has 0 spiro atoms. The Labute approximate surface area is 107 Å². The summed E-state index contributed by atoms with van der Waals surface area (Å²) in [6.07, 6.45) is 0.379. The number of aryl methyl sites for hydroxylation is 2. The van der Waals surface area contributed by atoms with Crippen molar-refractivity contribution in [2.24, 2.45) is 0 Å². The molecule has 1 aromatic carbocycles. The van der Waals surface area contributed by atoms with Crippen LogP contribution in [0.5, 0.6) is 5.75 Å². The molecule has 1 aromatic rings. The molecule has 0 unspecified atom stereocenters. The summed E-state index contributed by atoms with van der Waals surface area (Å²) in [6, 6.07) is 6.22. The van der Waals surface area contributed by atoms with Gasteiger partial charge in [-0.2, -0.15) is 0 Å². The molecule has 0 radical (unpaired) electrons. The molecule has 1 N–H and O–H groups in total. The lowest BCUT2D eigenvalue weighted by atomic mass is 10.1. The minimum atomic E-state index is 0.0214. The summed E-state index contributed by atoms with van der Waals surface area (Å²) in [4.78, 5) is 11.5. The Kier molecular flexibility index (Phi) is 4.20. The van der Waals surface area contributed by atoms with Crippen molar-refractivity contribution in [2.75, 3.05) is 19.8 Å². The normalized spacial score (nSPS) is 15.0. The summed E-state index contributed by atoms with van der Waals surface area (Å²) in [5.41, 5.74) is 2.31. The first-order valence-electron chi connectivity index (χ1n) is 6.22. The summed E-state index contributed by atoms with van der Waals surface area (Å²) in [5.74, 6) is 0.869. The van der Waals surface area contributed by atoms with Gasteiger partial charge in [0.25, 0.3) is 0 Å². The molecule has 18 heavy (non-hydrogen) atoms. The molecule has 2 rings (SSSR count). The summed E-state index contributed by atoms with van der Waals surface area (Å²) >= 11 is 0. The number of hydrogen-bond acceptors (Lipinski definition) is 3. The summed E-state index contributed by atoms with van der Waals surface area (Å²) in [6.45, 7) is 5.72. The van der Waals surface area contributed by atoms with E-state index in [1.54, 1.807) is 0 Å². The molecule has 0 aliphatic carbocycles. The van der Waals surface area contributed by atoms with Gasteiger partial charge in [0.05, 0.1) is 32.3 Å². The first-order valence-corrected chi connectivity index (χ1v) is 6.22. The summed E-state index contributed by atoms with van der Waals surface area (Å²) in [7, 11) is 0. The quantitative estimate of drug-likeness (QED) is 0.862. The molecule has 1 amide bonds. The minimum absolute atomic E-state index is 0.0214. The lowest BCUT2D eigenvalue weighted by Crippen LogP contribution is -2.48. The molecular formula is C14H19NO3. The third kappa shape index (κ3) is 3.47. The van der Waals surface area contributed by atoms with E-state index >= 15 is 0 Å². The van der Waals surface area contributed by atoms with Crippen LogP contribution >= 0.6 is 0 Å². The standard InChI is InChI=1S/C14H19NO3/c1-10-3-4-13(11(2)7-10)18-6-5-14(16)15-12-8-17-9-12/h3-4,7,12H,5-6,8-9H2,1-2H3,(H,15,16). The van der Waals surface area contributed by atoms with E-state index in [0.717, 1.165) is 11.3 Å². The minimum Gasteiger partial charge on any atom is -0.493 e. The monoisotopic (exact) mass is 249 g/mol. The predicted molar refractivity (Wildman–Crippen MR) is 68.8 cm³/mol. The van der Waals surface area contributed by atoms with E-state index in [1.165, 1.54) is 5.56 Å². The highest BCUT2D eigenvalue weighted by atomic mass is 16.5. The SMILES string of the molecule is Cc1ccc(OCCC(=O)NC2COC2)c(C)c1. The molecule has 1 saturated heterocycles. The molecule has 1 aliphatic heterocycles. The predicted octanol–water partition coefficient (Wildman–Crippen LogP) is 1.59. The smallest absolute Gasteiger partial charge is 0.223 e. The van der Waals surface area contributed by atoms with Crippen molar-refractivity contribution in [1.82, 2.24) is 5.32 Å². The number of amides is 1. The van der Waals surface area contributed by atoms with Crippen molar-refractivity contribution >= 4 is 5.91 Å². The summed E-state index contributed by atoms with van der Waals surface area (Å²) in [5, 5.41) is 2.88. The summed E-state index contributed by atoms with van der Waals surface area (Å²) < 4.78 is 10.6. The molecule has 0 saturated carbocycles. The highest BCUT2D eigenvalue weighted by Crippen LogP contribution is 2.18. The fourth-order valence-electron chi connectivity index (χ4n) is 1.83. The van der Waals surface area contributed by atoms with Crippen molar-refractivity contribution in [2.45, 2.75) is 26.3 Å². The topological polar surface area (TPSA) is 47.6 Å². The molecule has 4 heteroatoms. The van der Waals surface area contributed by atoms with Crippen LogP contribution in [0.25, 0.3) is 0 Å². The average molecular weight is 249 g/mol. The van der Waals surface area contributed by atoms with Crippen LogP contribution in [-0.2, 0) is 9.53 Å². The number of rotatable bonds is 5. The zero-order valence-corrected chi connectivity index (χ0v) is 10.9. The second kappa shape index (κ2) is 5.87. The van der Waals surface area contributed by atoms with E-state index in [2.05, 4.69) is 11.4 Å². The Balaban J connectivity index is 1.72. The Morgan fingerprint density at radius 2 is 2.22 bits per heavy atom. The van der Waals surface area contributed by atoms with Crippen LogP contribution in [0.15, 0.2) is 18.2 Å². The maximum absolute atomic E-state index is 11.5. The van der Waals surface area contributed by atoms with Gasteiger partial charge < -0.3 is 14.8 Å². The van der Waals surface area contributed by atoms with E-state index in [1.807, 2.05) is 26.0 Å². The van der Waals surface area contributed by atoms with E-state index in [9.17, 15) is 4.79 Å². The number of hydrogen-bond donors (Lipinski definition) is 1. The van der Waals surface area contributed by atoms with E-state index in [0.29, 0.717) is 26.2 Å². The molecule has 4 nitrogen and oxygen atoms in total. The maximum atomic E-state index is 11.5.